The molecule has 0 saturated carbocycles. The Hall–Kier alpha value is -2.55. The second-order valence-corrected chi connectivity index (χ2v) is 6.60. The van der Waals surface area contributed by atoms with E-state index in [2.05, 4.69) is 4.98 Å². The number of halogens is 2. The van der Waals surface area contributed by atoms with Crippen LogP contribution < -0.4 is 4.90 Å². The van der Waals surface area contributed by atoms with Gasteiger partial charge in [0.05, 0.1) is 5.69 Å². The number of carboxylic acid groups (broad SMARTS) is 1. The van der Waals surface area contributed by atoms with Gasteiger partial charge in [0.25, 0.3) is 0 Å². The second-order valence-electron chi connectivity index (χ2n) is 5.76. The zero-order chi connectivity index (χ0) is 18.1. The summed E-state index contributed by atoms with van der Waals surface area (Å²) in [6.45, 7) is 4.87. The molecule has 0 aliphatic rings. The van der Waals surface area contributed by atoms with E-state index in [0.717, 1.165) is 28.4 Å². The molecule has 0 fully saturated rings. The molecule has 1 aromatic carbocycles. The van der Waals surface area contributed by atoms with Gasteiger partial charge < -0.3 is 9.84 Å². The molecule has 1 heterocycles. The van der Waals surface area contributed by atoms with E-state index in [0.29, 0.717) is 6.07 Å². The van der Waals surface area contributed by atoms with E-state index in [9.17, 15) is 18.4 Å². The van der Waals surface area contributed by atoms with Crippen LogP contribution in [-0.4, -0.2) is 27.8 Å². The monoisotopic (exact) mass is 356 g/mol. The molecule has 0 atom stereocenters. The summed E-state index contributed by atoms with van der Waals surface area (Å²) in [5.74, 6) is -3.07. The summed E-state index contributed by atoms with van der Waals surface area (Å²) in [5, 5.41) is 10.1. The molecule has 24 heavy (non-hydrogen) atoms. The molecule has 0 aliphatic heterocycles. The van der Waals surface area contributed by atoms with Crippen LogP contribution in [0.5, 0.6) is 0 Å². The second kappa shape index (κ2) is 6.52. The number of aromatic nitrogens is 1. The molecule has 0 unspecified atom stereocenters. The lowest BCUT2D eigenvalue weighted by atomic mass is 10.2. The Kier molecular flexibility index (Phi) is 4.83. The first-order valence-electron chi connectivity index (χ1n) is 6.75. The van der Waals surface area contributed by atoms with Crippen LogP contribution in [0.15, 0.2) is 23.6 Å². The standard InChI is InChI=1S/C15H14F2N2O4S/c1-15(2,3)23-14(22)19(10-5-8(16)4-9(17)6-10)13-18-11(7-24-13)12(20)21/h4-7H,1-3H3,(H,20,21). The summed E-state index contributed by atoms with van der Waals surface area (Å²) < 4.78 is 32.2. The number of rotatable bonds is 3. The Labute approximate surface area is 140 Å². The van der Waals surface area contributed by atoms with Gasteiger partial charge in [0.2, 0.25) is 0 Å². The minimum absolute atomic E-state index is 0.0772. The average molecular weight is 356 g/mol. The third-order valence-electron chi connectivity index (χ3n) is 2.58. The number of carboxylic acids is 1. The van der Waals surface area contributed by atoms with E-state index in [-0.39, 0.29) is 16.5 Å². The largest absolute Gasteiger partial charge is 0.476 e. The number of amides is 1. The summed E-state index contributed by atoms with van der Waals surface area (Å²) in [6, 6.07) is 2.50. The third kappa shape index (κ3) is 4.25. The van der Waals surface area contributed by atoms with E-state index in [1.54, 1.807) is 20.8 Å². The molecule has 0 bridgehead atoms. The van der Waals surface area contributed by atoms with Crippen LogP contribution in [0.25, 0.3) is 0 Å². The molecule has 2 aromatic rings. The Morgan fingerprint density at radius 1 is 1.21 bits per heavy atom. The van der Waals surface area contributed by atoms with Crippen molar-refractivity contribution in [3.05, 3.63) is 40.9 Å². The summed E-state index contributed by atoms with van der Waals surface area (Å²) >= 11 is 0.835. The van der Waals surface area contributed by atoms with Crippen molar-refractivity contribution in [1.82, 2.24) is 4.98 Å². The highest BCUT2D eigenvalue weighted by atomic mass is 32.1. The Morgan fingerprint density at radius 2 is 1.79 bits per heavy atom. The van der Waals surface area contributed by atoms with Gasteiger partial charge in [-0.3, -0.25) is 0 Å². The fourth-order valence-corrected chi connectivity index (χ4v) is 2.54. The Balaban J connectivity index is 2.51. The maximum absolute atomic E-state index is 13.5. The van der Waals surface area contributed by atoms with Gasteiger partial charge in [-0.15, -0.1) is 11.3 Å². The molecule has 128 valence electrons. The lowest BCUT2D eigenvalue weighted by Crippen LogP contribution is -2.34. The first kappa shape index (κ1) is 17.8. The lowest BCUT2D eigenvalue weighted by molar-refractivity contribution is 0.0596. The van der Waals surface area contributed by atoms with Crippen molar-refractivity contribution in [3.63, 3.8) is 0 Å². The van der Waals surface area contributed by atoms with Gasteiger partial charge in [-0.2, -0.15) is 0 Å². The summed E-state index contributed by atoms with van der Waals surface area (Å²) in [6.07, 6.45) is -0.932. The summed E-state index contributed by atoms with van der Waals surface area (Å²) in [5.41, 5.74) is -1.32. The molecule has 0 spiro atoms. The number of aromatic carboxylic acids is 1. The van der Waals surface area contributed by atoms with Crippen molar-refractivity contribution in [1.29, 1.82) is 0 Å². The molecule has 6 nitrogen and oxygen atoms in total. The molecular weight excluding hydrogens is 342 g/mol. The van der Waals surface area contributed by atoms with Crippen molar-refractivity contribution in [3.8, 4) is 0 Å². The minimum Gasteiger partial charge on any atom is -0.476 e. The predicted molar refractivity (Wildman–Crippen MR) is 83.8 cm³/mol. The number of hydrogen-bond donors (Lipinski definition) is 1. The van der Waals surface area contributed by atoms with E-state index in [1.165, 1.54) is 5.38 Å². The van der Waals surface area contributed by atoms with Gasteiger partial charge in [0, 0.05) is 11.4 Å². The van der Waals surface area contributed by atoms with E-state index < -0.39 is 29.3 Å². The van der Waals surface area contributed by atoms with E-state index in [1.807, 2.05) is 0 Å². The number of anilines is 2. The summed E-state index contributed by atoms with van der Waals surface area (Å²) in [7, 11) is 0. The quantitative estimate of drug-likeness (QED) is 0.892. The highest BCUT2D eigenvalue weighted by Gasteiger charge is 2.28. The summed E-state index contributed by atoms with van der Waals surface area (Å²) in [4.78, 5) is 28.0. The molecule has 0 aliphatic carbocycles. The van der Waals surface area contributed by atoms with Crippen LogP contribution in [-0.2, 0) is 4.74 Å². The van der Waals surface area contributed by atoms with Gasteiger partial charge in [-0.1, -0.05) is 0 Å². The molecule has 0 radical (unpaired) electrons. The van der Waals surface area contributed by atoms with Crippen LogP contribution in [0.3, 0.4) is 0 Å². The molecule has 1 N–H and O–H groups in total. The van der Waals surface area contributed by atoms with Crippen LogP contribution in [0.4, 0.5) is 24.4 Å². The molecule has 1 aromatic heterocycles. The zero-order valence-electron chi connectivity index (χ0n) is 13.0. The molecule has 2 rings (SSSR count). The van der Waals surface area contributed by atoms with Crippen LogP contribution in [0.2, 0.25) is 0 Å². The highest BCUT2D eigenvalue weighted by Crippen LogP contribution is 2.31. The first-order chi connectivity index (χ1) is 11.1. The van der Waals surface area contributed by atoms with E-state index >= 15 is 0 Å². The molecule has 9 heteroatoms. The van der Waals surface area contributed by atoms with Crippen molar-refractivity contribution in [2.75, 3.05) is 4.90 Å². The molecule has 0 saturated heterocycles. The van der Waals surface area contributed by atoms with Crippen molar-refractivity contribution in [2.24, 2.45) is 0 Å². The van der Waals surface area contributed by atoms with Crippen molar-refractivity contribution >= 4 is 34.2 Å². The topological polar surface area (TPSA) is 79.7 Å². The van der Waals surface area contributed by atoms with Crippen LogP contribution in [0, 0.1) is 11.6 Å². The fraction of sp³-hybridized carbons (Fsp3) is 0.267. The average Bonchev–Trinajstić information content (AvgIpc) is 2.85. The maximum Gasteiger partial charge on any atom is 0.421 e. The van der Waals surface area contributed by atoms with Crippen LogP contribution >= 0.6 is 11.3 Å². The number of carbonyl (C=O) groups excluding carboxylic acids is 1. The molecular formula is C15H14F2N2O4S. The predicted octanol–water partition coefficient (Wildman–Crippen LogP) is 4.19. The smallest absolute Gasteiger partial charge is 0.421 e. The SMILES string of the molecule is CC(C)(C)OC(=O)N(c1cc(F)cc(F)c1)c1nc(C(=O)O)cs1. The Morgan fingerprint density at radius 3 is 2.25 bits per heavy atom. The number of carbonyl (C=O) groups is 2. The van der Waals surface area contributed by atoms with Gasteiger partial charge in [-0.25, -0.2) is 28.3 Å². The third-order valence-corrected chi connectivity index (χ3v) is 3.41. The number of nitrogens with zero attached hydrogens (tertiary/aromatic N) is 2. The maximum atomic E-state index is 13.5. The van der Waals surface area contributed by atoms with Gasteiger partial charge >= 0.3 is 12.1 Å². The zero-order valence-corrected chi connectivity index (χ0v) is 13.9. The normalized spacial score (nSPS) is 11.2. The van der Waals surface area contributed by atoms with Gasteiger partial charge in [0.1, 0.15) is 17.2 Å². The lowest BCUT2D eigenvalue weighted by Gasteiger charge is -2.25. The van der Waals surface area contributed by atoms with Gasteiger partial charge in [0.15, 0.2) is 10.8 Å². The highest BCUT2D eigenvalue weighted by molar-refractivity contribution is 7.14. The van der Waals surface area contributed by atoms with Gasteiger partial charge in [-0.05, 0) is 32.9 Å². The van der Waals surface area contributed by atoms with Crippen LogP contribution in [0.1, 0.15) is 31.3 Å². The Bertz CT molecular complexity index is 766. The molecule has 1 amide bonds. The van der Waals surface area contributed by atoms with Crippen molar-refractivity contribution < 1.29 is 28.2 Å². The number of hydrogen-bond acceptors (Lipinski definition) is 5. The minimum atomic E-state index is -1.29. The van der Waals surface area contributed by atoms with Crippen molar-refractivity contribution in [2.45, 2.75) is 26.4 Å². The van der Waals surface area contributed by atoms with E-state index in [4.69, 9.17) is 9.84 Å². The number of benzene rings is 1. The fourth-order valence-electron chi connectivity index (χ4n) is 1.74. The number of ether oxygens (including phenoxy) is 1. The number of thiazole rings is 1. The first-order valence-corrected chi connectivity index (χ1v) is 7.63.